The van der Waals surface area contributed by atoms with Gasteiger partial charge in [-0.25, -0.2) is 15.0 Å². The molecule has 2 amide bonds. The first kappa shape index (κ1) is 27.9. The van der Waals surface area contributed by atoms with Gasteiger partial charge in [-0.1, -0.05) is 18.1 Å². The minimum absolute atomic E-state index is 0.226. The van der Waals surface area contributed by atoms with Crippen LogP contribution >= 0.6 is 0 Å². The third-order valence-electron chi connectivity index (χ3n) is 7.02. The fourth-order valence-corrected chi connectivity index (χ4v) is 5.13. The summed E-state index contributed by atoms with van der Waals surface area (Å²) in [7, 11) is 1.42. The maximum absolute atomic E-state index is 13.1. The van der Waals surface area contributed by atoms with Gasteiger partial charge in [0.2, 0.25) is 5.91 Å². The van der Waals surface area contributed by atoms with Crippen molar-refractivity contribution < 1.29 is 27.5 Å². The number of carbonyl (C=O) groups is 2. The molecule has 3 N–H and O–H groups in total. The van der Waals surface area contributed by atoms with E-state index >= 15 is 0 Å². The van der Waals surface area contributed by atoms with Gasteiger partial charge in [-0.05, 0) is 43.9 Å². The van der Waals surface area contributed by atoms with Crippen molar-refractivity contribution in [3.05, 3.63) is 66.0 Å². The van der Waals surface area contributed by atoms with E-state index < -0.39 is 29.7 Å². The molecule has 2 aliphatic rings. The number of nitrogens with zero attached hydrogens (tertiary/aromatic N) is 5. The van der Waals surface area contributed by atoms with Crippen LogP contribution in [0.3, 0.4) is 0 Å². The minimum atomic E-state index is -4.57. The average Bonchev–Trinajstić information content (AvgIpc) is 3.58. The zero-order chi connectivity index (χ0) is 29.3. The monoisotopic (exact) mass is 565 g/mol. The quantitative estimate of drug-likeness (QED) is 0.452. The number of aromatic nitrogens is 4. The van der Waals surface area contributed by atoms with Gasteiger partial charge in [0.25, 0.3) is 5.91 Å². The maximum atomic E-state index is 13.1. The Morgan fingerprint density at radius 3 is 2.78 bits per heavy atom. The standard InChI is InChI=1S/C28H26F3N7O3/c1-3-5-22(39)37-12-4-6-19(37)26-36-23(24-25(32)34-11-13-38(24)26)16-7-8-18(20(14-16)41-2)27(40)35-21-15-17(9-10-33-21)28(29,30)31/h7-11,13-15,18-20H,4,6,12H2,1-2H3,(H2,32,34)(H,33,35,40)/t18?,19-,20?/m0/s1. The summed E-state index contributed by atoms with van der Waals surface area (Å²) in [6.45, 7) is 2.16. The van der Waals surface area contributed by atoms with Crippen LogP contribution in [0.4, 0.5) is 24.8 Å². The van der Waals surface area contributed by atoms with Gasteiger partial charge in [0, 0.05) is 37.8 Å². The smallest absolute Gasteiger partial charge is 0.382 e. The van der Waals surface area contributed by atoms with Gasteiger partial charge in [-0.2, -0.15) is 13.2 Å². The number of allylic oxidation sites excluding steroid dienone is 2. The second kappa shape index (κ2) is 11.1. The minimum Gasteiger partial charge on any atom is -0.382 e. The Kier molecular flexibility index (Phi) is 7.51. The van der Waals surface area contributed by atoms with E-state index in [1.165, 1.54) is 7.11 Å². The number of carbonyl (C=O) groups excluding carboxylic acids is 2. The lowest BCUT2D eigenvalue weighted by Crippen LogP contribution is -2.33. The first-order chi connectivity index (χ1) is 19.6. The highest BCUT2D eigenvalue weighted by Gasteiger charge is 2.35. The van der Waals surface area contributed by atoms with Crippen LogP contribution in [0.25, 0.3) is 11.1 Å². The van der Waals surface area contributed by atoms with Crippen LogP contribution in [-0.2, 0) is 20.5 Å². The SMILES string of the molecule is CC#CC(=O)N1CCC[C@H]1c1nc(C2=CC(OC)C(C(=O)Nc3cc(C(F)(F)F)ccn3)C=C2)c2c(N)nccn12. The molecule has 4 heterocycles. The van der Waals surface area contributed by atoms with Gasteiger partial charge < -0.3 is 20.7 Å². The summed E-state index contributed by atoms with van der Waals surface area (Å²) in [4.78, 5) is 40.4. The molecule has 5 rings (SSSR count). The predicted molar refractivity (Wildman–Crippen MR) is 144 cm³/mol. The number of hydrogen-bond acceptors (Lipinski definition) is 7. The van der Waals surface area contributed by atoms with Crippen LogP contribution in [0.15, 0.2) is 49.0 Å². The van der Waals surface area contributed by atoms with Crippen molar-refractivity contribution in [2.45, 2.75) is 38.1 Å². The number of pyridine rings is 1. The number of nitrogens with one attached hydrogen (secondary N) is 1. The Hall–Kier alpha value is -4.70. The fourth-order valence-electron chi connectivity index (χ4n) is 5.13. The summed E-state index contributed by atoms with van der Waals surface area (Å²) in [6, 6.07) is 1.27. The van der Waals surface area contributed by atoms with Crippen molar-refractivity contribution in [2.75, 3.05) is 24.7 Å². The number of nitrogen functional groups attached to an aromatic ring is 1. The number of anilines is 2. The molecule has 1 aliphatic carbocycles. The molecule has 3 aromatic heterocycles. The van der Waals surface area contributed by atoms with Gasteiger partial charge in [-0.15, -0.1) is 0 Å². The number of nitrogens with two attached hydrogens (primary N) is 1. The van der Waals surface area contributed by atoms with E-state index in [-0.39, 0.29) is 23.6 Å². The zero-order valence-electron chi connectivity index (χ0n) is 22.1. The second-order valence-corrected chi connectivity index (χ2v) is 9.51. The highest BCUT2D eigenvalue weighted by Crippen LogP contribution is 2.37. The molecule has 0 radical (unpaired) electrons. The van der Waals surface area contributed by atoms with Gasteiger partial charge in [0.1, 0.15) is 28.7 Å². The largest absolute Gasteiger partial charge is 0.416 e. The van der Waals surface area contributed by atoms with E-state index in [4.69, 9.17) is 15.5 Å². The molecule has 41 heavy (non-hydrogen) atoms. The lowest BCUT2D eigenvalue weighted by molar-refractivity contribution is -0.137. The van der Waals surface area contributed by atoms with Crippen LogP contribution in [0.1, 0.15) is 42.9 Å². The highest BCUT2D eigenvalue weighted by atomic mass is 19.4. The molecule has 1 aliphatic heterocycles. The van der Waals surface area contributed by atoms with Crippen molar-refractivity contribution in [2.24, 2.45) is 5.92 Å². The number of ether oxygens (including phenoxy) is 1. The molecule has 1 saturated heterocycles. The summed E-state index contributed by atoms with van der Waals surface area (Å²) in [5.74, 6) is 4.12. The first-order valence-electron chi connectivity index (χ1n) is 12.8. The van der Waals surface area contributed by atoms with E-state index in [9.17, 15) is 22.8 Å². The van der Waals surface area contributed by atoms with Crippen LogP contribution in [0, 0.1) is 17.8 Å². The summed E-state index contributed by atoms with van der Waals surface area (Å²) in [5, 5.41) is 2.44. The molecule has 0 aromatic carbocycles. The number of hydrogen-bond donors (Lipinski definition) is 2. The number of halogens is 3. The molecule has 10 nitrogen and oxygen atoms in total. The van der Waals surface area contributed by atoms with E-state index in [2.05, 4.69) is 27.1 Å². The number of amides is 2. The highest BCUT2D eigenvalue weighted by molar-refractivity contribution is 5.96. The van der Waals surface area contributed by atoms with Gasteiger partial charge in [-0.3, -0.25) is 14.0 Å². The van der Waals surface area contributed by atoms with Gasteiger partial charge in [0.05, 0.1) is 23.6 Å². The van der Waals surface area contributed by atoms with Crippen LogP contribution in [-0.4, -0.2) is 55.8 Å². The first-order valence-corrected chi connectivity index (χ1v) is 12.8. The third-order valence-corrected chi connectivity index (χ3v) is 7.02. The summed E-state index contributed by atoms with van der Waals surface area (Å²) in [6.07, 6.45) is 5.36. The summed E-state index contributed by atoms with van der Waals surface area (Å²) >= 11 is 0. The normalized spacial score (nSPS) is 20.5. The number of rotatable bonds is 5. The van der Waals surface area contributed by atoms with E-state index in [1.807, 2.05) is 4.40 Å². The average molecular weight is 566 g/mol. The third kappa shape index (κ3) is 5.38. The zero-order valence-corrected chi connectivity index (χ0v) is 22.1. The Morgan fingerprint density at radius 1 is 1.24 bits per heavy atom. The van der Waals surface area contributed by atoms with Crippen molar-refractivity contribution in [1.82, 2.24) is 24.3 Å². The van der Waals surface area contributed by atoms with E-state index in [0.717, 1.165) is 24.8 Å². The van der Waals surface area contributed by atoms with Crippen LogP contribution in [0.2, 0.25) is 0 Å². The van der Waals surface area contributed by atoms with Gasteiger partial charge in [0.15, 0.2) is 0 Å². The Labute approximate surface area is 233 Å². The van der Waals surface area contributed by atoms with Gasteiger partial charge >= 0.3 is 6.18 Å². The van der Waals surface area contributed by atoms with Crippen molar-refractivity contribution >= 4 is 34.5 Å². The molecule has 1 fully saturated rings. The predicted octanol–water partition coefficient (Wildman–Crippen LogP) is 3.64. The number of methoxy groups -OCH3 is 1. The van der Waals surface area contributed by atoms with Crippen molar-refractivity contribution in [3.8, 4) is 11.8 Å². The Balaban J connectivity index is 1.46. The van der Waals surface area contributed by atoms with Crippen molar-refractivity contribution in [1.29, 1.82) is 0 Å². The molecule has 0 spiro atoms. The molecular weight excluding hydrogens is 539 g/mol. The molecule has 13 heteroatoms. The number of fused-ring (bicyclic) bond motifs is 1. The fraction of sp³-hybridized carbons (Fsp3) is 0.321. The molecule has 2 unspecified atom stereocenters. The lowest BCUT2D eigenvalue weighted by Gasteiger charge is -2.24. The van der Waals surface area contributed by atoms with Crippen LogP contribution in [0.5, 0.6) is 0 Å². The molecular formula is C28H26F3N7O3. The van der Waals surface area contributed by atoms with E-state index in [1.54, 1.807) is 42.4 Å². The van der Waals surface area contributed by atoms with E-state index in [0.29, 0.717) is 35.6 Å². The van der Waals surface area contributed by atoms with Crippen molar-refractivity contribution in [3.63, 3.8) is 0 Å². The Bertz CT molecular complexity index is 1630. The number of alkyl halides is 3. The molecule has 212 valence electrons. The molecule has 3 atom stereocenters. The Morgan fingerprint density at radius 2 is 2.05 bits per heavy atom. The molecule has 0 saturated carbocycles. The molecule has 3 aromatic rings. The number of likely N-dealkylation sites (tertiary alicyclic amines) is 1. The number of imidazole rings is 1. The van der Waals surface area contributed by atoms with Crippen LogP contribution < -0.4 is 11.1 Å². The molecule has 0 bridgehead atoms. The maximum Gasteiger partial charge on any atom is 0.416 e. The second-order valence-electron chi connectivity index (χ2n) is 9.51. The topological polar surface area (TPSA) is 128 Å². The summed E-state index contributed by atoms with van der Waals surface area (Å²) < 4.78 is 46.7. The lowest BCUT2D eigenvalue weighted by atomic mass is 9.91. The summed E-state index contributed by atoms with van der Waals surface area (Å²) in [5.41, 5.74) is 6.98.